The molecule has 4 nitrogen and oxygen atoms in total. The van der Waals surface area contributed by atoms with Crippen LogP contribution >= 0.6 is 0 Å². The van der Waals surface area contributed by atoms with Crippen molar-refractivity contribution in [2.24, 2.45) is 0 Å². The topological polar surface area (TPSA) is 60.2 Å². The van der Waals surface area contributed by atoms with Crippen molar-refractivity contribution in [3.05, 3.63) is 39.4 Å². The first-order valence-corrected chi connectivity index (χ1v) is 4.35. The van der Waals surface area contributed by atoms with Gasteiger partial charge in [-0.25, -0.2) is 0 Å². The molecule has 0 heterocycles. The molecule has 0 radical (unpaired) electrons. The van der Waals surface area contributed by atoms with Crippen molar-refractivity contribution < 1.29 is 9.72 Å². The van der Waals surface area contributed by atoms with Crippen LogP contribution in [0.3, 0.4) is 0 Å². The van der Waals surface area contributed by atoms with E-state index in [0.717, 1.165) is 0 Å². The molecule has 0 spiro atoms. The lowest BCUT2D eigenvalue weighted by Gasteiger charge is -2.02. The number of nitro groups is 1. The standard InChI is InChI=1S/C10H11NO3/c1-3-9(12)8-6-4-5-7(2)10(8)11(13)14/h4-6H,3H2,1-2H3. The summed E-state index contributed by atoms with van der Waals surface area (Å²) in [5, 5.41) is 10.7. The maximum Gasteiger partial charge on any atom is 0.283 e. The average Bonchev–Trinajstić information content (AvgIpc) is 2.15. The second-order valence-electron chi connectivity index (χ2n) is 3.00. The molecule has 0 aliphatic carbocycles. The van der Waals surface area contributed by atoms with Crippen LogP contribution in [-0.4, -0.2) is 10.7 Å². The Labute approximate surface area is 81.7 Å². The molecule has 0 fully saturated rings. The zero-order valence-corrected chi connectivity index (χ0v) is 8.11. The summed E-state index contributed by atoms with van der Waals surface area (Å²) in [5.41, 5.74) is 0.658. The first-order valence-electron chi connectivity index (χ1n) is 4.35. The molecule has 1 aromatic carbocycles. The van der Waals surface area contributed by atoms with Crippen LogP contribution in [0.2, 0.25) is 0 Å². The summed E-state index contributed by atoms with van der Waals surface area (Å²) in [6, 6.07) is 4.78. The Morgan fingerprint density at radius 2 is 2.14 bits per heavy atom. The third-order valence-corrected chi connectivity index (χ3v) is 2.04. The van der Waals surface area contributed by atoms with E-state index < -0.39 is 4.92 Å². The molecule has 0 amide bonds. The number of ketones is 1. The van der Waals surface area contributed by atoms with Crippen LogP contribution in [0.15, 0.2) is 18.2 Å². The summed E-state index contributed by atoms with van der Waals surface area (Å²) in [7, 11) is 0. The molecular weight excluding hydrogens is 182 g/mol. The highest BCUT2D eigenvalue weighted by Crippen LogP contribution is 2.23. The monoisotopic (exact) mass is 193 g/mol. The molecule has 0 aliphatic heterocycles. The molecule has 0 atom stereocenters. The van der Waals surface area contributed by atoms with Gasteiger partial charge in [-0.15, -0.1) is 0 Å². The Balaban J connectivity index is 3.35. The maximum atomic E-state index is 11.4. The van der Waals surface area contributed by atoms with Gasteiger partial charge in [-0.1, -0.05) is 19.1 Å². The first kappa shape index (κ1) is 10.4. The quantitative estimate of drug-likeness (QED) is 0.421. The van der Waals surface area contributed by atoms with Gasteiger partial charge in [0.1, 0.15) is 0 Å². The van der Waals surface area contributed by atoms with Crippen molar-refractivity contribution in [2.75, 3.05) is 0 Å². The van der Waals surface area contributed by atoms with Gasteiger partial charge in [0.2, 0.25) is 0 Å². The van der Waals surface area contributed by atoms with E-state index in [-0.39, 0.29) is 23.5 Å². The van der Waals surface area contributed by atoms with Crippen LogP contribution in [0.4, 0.5) is 5.69 Å². The van der Waals surface area contributed by atoms with E-state index in [4.69, 9.17) is 0 Å². The number of nitrogens with zero attached hydrogens (tertiary/aromatic N) is 1. The Morgan fingerprint density at radius 1 is 1.50 bits per heavy atom. The van der Waals surface area contributed by atoms with Crippen molar-refractivity contribution in [2.45, 2.75) is 20.3 Å². The number of benzene rings is 1. The van der Waals surface area contributed by atoms with Gasteiger partial charge < -0.3 is 0 Å². The van der Waals surface area contributed by atoms with E-state index in [0.29, 0.717) is 5.56 Å². The zero-order valence-electron chi connectivity index (χ0n) is 8.11. The SMILES string of the molecule is CCC(=O)c1cccc(C)c1[N+](=O)[O-]. The summed E-state index contributed by atoms with van der Waals surface area (Å²) in [4.78, 5) is 21.6. The van der Waals surface area contributed by atoms with E-state index in [1.807, 2.05) is 0 Å². The minimum Gasteiger partial charge on any atom is -0.294 e. The molecule has 74 valence electrons. The van der Waals surface area contributed by atoms with Crippen LogP contribution in [0.5, 0.6) is 0 Å². The van der Waals surface area contributed by atoms with Crippen LogP contribution in [-0.2, 0) is 0 Å². The van der Waals surface area contributed by atoms with Crippen molar-refractivity contribution >= 4 is 11.5 Å². The molecular formula is C10H11NO3. The highest BCUT2D eigenvalue weighted by atomic mass is 16.6. The van der Waals surface area contributed by atoms with Crippen LogP contribution in [0, 0.1) is 17.0 Å². The molecule has 1 rings (SSSR count). The van der Waals surface area contributed by atoms with Crippen LogP contribution in [0.1, 0.15) is 29.3 Å². The maximum absolute atomic E-state index is 11.4. The van der Waals surface area contributed by atoms with Crippen molar-refractivity contribution in [3.8, 4) is 0 Å². The third kappa shape index (κ3) is 1.79. The zero-order chi connectivity index (χ0) is 10.7. The number of aryl methyl sites for hydroxylation is 1. The van der Waals surface area contributed by atoms with E-state index in [9.17, 15) is 14.9 Å². The molecule has 4 heteroatoms. The van der Waals surface area contributed by atoms with Crippen molar-refractivity contribution in [1.29, 1.82) is 0 Å². The van der Waals surface area contributed by atoms with Gasteiger partial charge in [0.05, 0.1) is 10.5 Å². The van der Waals surface area contributed by atoms with Crippen molar-refractivity contribution in [1.82, 2.24) is 0 Å². The number of para-hydroxylation sites is 1. The number of carbonyl (C=O) groups is 1. The summed E-state index contributed by atoms with van der Waals surface area (Å²) in [6.07, 6.45) is 0.282. The van der Waals surface area contributed by atoms with Crippen molar-refractivity contribution in [3.63, 3.8) is 0 Å². The minimum absolute atomic E-state index is 0.0700. The fraction of sp³-hybridized carbons (Fsp3) is 0.300. The lowest BCUT2D eigenvalue weighted by Crippen LogP contribution is -2.03. The molecule has 0 saturated heterocycles. The van der Waals surface area contributed by atoms with Crippen LogP contribution in [0.25, 0.3) is 0 Å². The minimum atomic E-state index is -0.502. The van der Waals surface area contributed by atoms with E-state index in [1.54, 1.807) is 26.0 Å². The Kier molecular flexibility index (Phi) is 2.96. The lowest BCUT2D eigenvalue weighted by atomic mass is 10.0. The molecule has 0 unspecified atom stereocenters. The first-order chi connectivity index (χ1) is 6.57. The van der Waals surface area contributed by atoms with Gasteiger partial charge in [-0.2, -0.15) is 0 Å². The molecule has 0 saturated carbocycles. The third-order valence-electron chi connectivity index (χ3n) is 2.04. The largest absolute Gasteiger partial charge is 0.294 e. The van der Waals surface area contributed by atoms with E-state index in [2.05, 4.69) is 0 Å². The molecule has 0 N–H and O–H groups in total. The Bertz CT molecular complexity index is 385. The highest BCUT2D eigenvalue weighted by Gasteiger charge is 2.20. The molecule has 0 aromatic heterocycles. The fourth-order valence-corrected chi connectivity index (χ4v) is 1.32. The molecule has 14 heavy (non-hydrogen) atoms. The van der Waals surface area contributed by atoms with Gasteiger partial charge in [0, 0.05) is 12.0 Å². The summed E-state index contributed by atoms with van der Waals surface area (Å²) in [6.45, 7) is 3.32. The molecule has 0 bridgehead atoms. The lowest BCUT2D eigenvalue weighted by molar-refractivity contribution is -0.385. The summed E-state index contributed by atoms with van der Waals surface area (Å²) in [5.74, 6) is -0.194. The molecule has 0 aliphatic rings. The number of rotatable bonds is 3. The fourth-order valence-electron chi connectivity index (χ4n) is 1.32. The summed E-state index contributed by atoms with van der Waals surface area (Å²) < 4.78 is 0. The normalized spacial score (nSPS) is 9.86. The second-order valence-corrected chi connectivity index (χ2v) is 3.00. The van der Waals surface area contributed by atoms with Gasteiger partial charge in [0.25, 0.3) is 5.69 Å². The Hall–Kier alpha value is -1.71. The second kappa shape index (κ2) is 4.00. The average molecular weight is 193 g/mol. The molecule has 1 aromatic rings. The number of nitro benzene ring substituents is 1. The van der Waals surface area contributed by atoms with E-state index >= 15 is 0 Å². The van der Waals surface area contributed by atoms with Gasteiger partial charge in [0.15, 0.2) is 5.78 Å². The number of hydrogen-bond donors (Lipinski definition) is 0. The van der Waals surface area contributed by atoms with Gasteiger partial charge in [-0.3, -0.25) is 14.9 Å². The number of carbonyl (C=O) groups excluding carboxylic acids is 1. The predicted molar refractivity (Wildman–Crippen MR) is 52.5 cm³/mol. The van der Waals surface area contributed by atoms with E-state index in [1.165, 1.54) is 6.07 Å². The summed E-state index contributed by atoms with van der Waals surface area (Å²) >= 11 is 0. The van der Waals surface area contributed by atoms with Crippen LogP contribution < -0.4 is 0 Å². The van der Waals surface area contributed by atoms with Gasteiger partial charge >= 0.3 is 0 Å². The number of Topliss-reactive ketones (excluding diaryl/α,β-unsaturated/α-hetero) is 1. The number of hydrogen-bond acceptors (Lipinski definition) is 3. The van der Waals surface area contributed by atoms with Gasteiger partial charge in [-0.05, 0) is 13.0 Å². The highest BCUT2D eigenvalue weighted by molar-refractivity contribution is 6.00. The predicted octanol–water partition coefficient (Wildman–Crippen LogP) is 2.50. The Morgan fingerprint density at radius 3 is 2.64 bits per heavy atom. The smallest absolute Gasteiger partial charge is 0.283 e.